The average Bonchev–Trinajstić information content (AvgIpc) is 2.70. The molecule has 0 fully saturated rings. The van der Waals surface area contributed by atoms with Crippen molar-refractivity contribution in [2.24, 2.45) is 5.73 Å². The number of rotatable bonds is 2. The molecule has 1 aromatic carbocycles. The van der Waals surface area contributed by atoms with Crippen LogP contribution in [-0.2, 0) is 6.54 Å². The molecule has 0 bridgehead atoms. The van der Waals surface area contributed by atoms with E-state index < -0.39 is 0 Å². The zero-order valence-electron chi connectivity index (χ0n) is 8.31. The summed E-state index contributed by atoms with van der Waals surface area (Å²) in [6.45, 7) is 2.31. The molecular weight excluding hydrogens is 212 g/mol. The Hall–Kier alpha value is -1.39. The molecule has 0 atom stereocenters. The second-order valence-electron chi connectivity index (χ2n) is 3.25. The first-order valence-corrected chi connectivity index (χ1v) is 4.95. The summed E-state index contributed by atoms with van der Waals surface area (Å²) in [6.07, 6.45) is 1.63. The Morgan fingerprint density at radius 1 is 1.47 bits per heavy atom. The maximum absolute atomic E-state index is 6.04. The summed E-state index contributed by atoms with van der Waals surface area (Å²) in [5.74, 6) is 0.718. The van der Waals surface area contributed by atoms with Crippen LogP contribution in [0.15, 0.2) is 24.5 Å². The number of benzene rings is 1. The van der Waals surface area contributed by atoms with Crippen molar-refractivity contribution in [1.29, 1.82) is 0 Å². The highest BCUT2D eigenvalue weighted by atomic mass is 35.5. The van der Waals surface area contributed by atoms with Gasteiger partial charge in [-0.1, -0.05) is 17.7 Å². The van der Waals surface area contributed by atoms with E-state index in [4.69, 9.17) is 17.3 Å². The predicted octanol–water partition coefficient (Wildman–Crippen LogP) is 1.69. The molecular formula is C10H11ClN4. The highest BCUT2D eigenvalue weighted by molar-refractivity contribution is 6.31. The molecule has 0 radical (unpaired) electrons. The van der Waals surface area contributed by atoms with E-state index in [1.807, 2.05) is 29.7 Å². The number of aryl methyl sites for hydroxylation is 1. The fourth-order valence-corrected chi connectivity index (χ4v) is 1.52. The van der Waals surface area contributed by atoms with Crippen LogP contribution in [0.5, 0.6) is 0 Å². The molecule has 15 heavy (non-hydrogen) atoms. The topological polar surface area (TPSA) is 56.7 Å². The molecule has 5 heteroatoms. The molecule has 1 heterocycles. The van der Waals surface area contributed by atoms with Gasteiger partial charge < -0.3 is 5.73 Å². The van der Waals surface area contributed by atoms with Gasteiger partial charge in [-0.3, -0.25) is 4.57 Å². The van der Waals surface area contributed by atoms with Crippen LogP contribution < -0.4 is 5.73 Å². The molecule has 0 unspecified atom stereocenters. The summed E-state index contributed by atoms with van der Waals surface area (Å²) in [6, 6.07) is 5.79. The van der Waals surface area contributed by atoms with Gasteiger partial charge in [-0.2, -0.15) is 0 Å². The summed E-state index contributed by atoms with van der Waals surface area (Å²) in [5, 5.41) is 8.45. The van der Waals surface area contributed by atoms with Crippen molar-refractivity contribution >= 4 is 11.6 Å². The standard InChI is InChI=1S/C10H11ClN4/c1-7-2-3-8(4-9(7)11)15-6-13-14-10(15)5-12/h2-4,6H,5,12H2,1H3. The van der Waals surface area contributed by atoms with E-state index in [2.05, 4.69) is 10.2 Å². The molecule has 1 aromatic heterocycles. The Morgan fingerprint density at radius 3 is 2.93 bits per heavy atom. The van der Waals surface area contributed by atoms with E-state index in [-0.39, 0.29) is 0 Å². The number of hydrogen-bond donors (Lipinski definition) is 1. The largest absolute Gasteiger partial charge is 0.324 e. The Morgan fingerprint density at radius 2 is 2.27 bits per heavy atom. The van der Waals surface area contributed by atoms with E-state index in [9.17, 15) is 0 Å². The van der Waals surface area contributed by atoms with Gasteiger partial charge in [0.2, 0.25) is 0 Å². The molecule has 4 nitrogen and oxygen atoms in total. The maximum atomic E-state index is 6.04. The lowest BCUT2D eigenvalue weighted by Gasteiger charge is -2.06. The van der Waals surface area contributed by atoms with Gasteiger partial charge in [0, 0.05) is 10.7 Å². The quantitative estimate of drug-likeness (QED) is 0.841. The molecule has 0 amide bonds. The second kappa shape index (κ2) is 4.00. The Kier molecular flexibility index (Phi) is 2.70. The monoisotopic (exact) mass is 222 g/mol. The van der Waals surface area contributed by atoms with Crippen LogP contribution >= 0.6 is 11.6 Å². The summed E-state index contributed by atoms with van der Waals surface area (Å²) in [4.78, 5) is 0. The molecule has 2 rings (SSSR count). The van der Waals surface area contributed by atoms with Crippen LogP contribution in [0.25, 0.3) is 5.69 Å². The van der Waals surface area contributed by atoms with E-state index >= 15 is 0 Å². The first-order valence-electron chi connectivity index (χ1n) is 4.58. The Bertz CT molecular complexity index is 478. The molecule has 0 saturated carbocycles. The third kappa shape index (κ3) is 1.86. The molecule has 0 spiro atoms. The molecule has 78 valence electrons. The fourth-order valence-electron chi connectivity index (χ4n) is 1.35. The van der Waals surface area contributed by atoms with Crippen molar-refractivity contribution in [3.63, 3.8) is 0 Å². The van der Waals surface area contributed by atoms with Crippen molar-refractivity contribution in [2.45, 2.75) is 13.5 Å². The summed E-state index contributed by atoms with van der Waals surface area (Å²) >= 11 is 6.04. The second-order valence-corrected chi connectivity index (χ2v) is 3.66. The minimum Gasteiger partial charge on any atom is -0.324 e. The van der Waals surface area contributed by atoms with Crippen LogP contribution in [0.2, 0.25) is 5.02 Å². The van der Waals surface area contributed by atoms with Gasteiger partial charge in [-0.15, -0.1) is 10.2 Å². The normalized spacial score (nSPS) is 10.6. The van der Waals surface area contributed by atoms with Crippen molar-refractivity contribution in [1.82, 2.24) is 14.8 Å². The number of nitrogens with two attached hydrogens (primary N) is 1. The lowest BCUT2D eigenvalue weighted by Crippen LogP contribution is -2.06. The molecule has 2 aromatic rings. The molecule has 2 N–H and O–H groups in total. The fraction of sp³-hybridized carbons (Fsp3) is 0.200. The third-order valence-electron chi connectivity index (χ3n) is 2.23. The third-order valence-corrected chi connectivity index (χ3v) is 2.64. The number of hydrogen-bond acceptors (Lipinski definition) is 3. The zero-order chi connectivity index (χ0) is 10.8. The van der Waals surface area contributed by atoms with Crippen molar-refractivity contribution < 1.29 is 0 Å². The average molecular weight is 223 g/mol. The van der Waals surface area contributed by atoms with Gasteiger partial charge in [0.05, 0.1) is 6.54 Å². The highest BCUT2D eigenvalue weighted by Gasteiger charge is 2.05. The van der Waals surface area contributed by atoms with E-state index in [0.29, 0.717) is 6.54 Å². The zero-order valence-corrected chi connectivity index (χ0v) is 9.07. The highest BCUT2D eigenvalue weighted by Crippen LogP contribution is 2.19. The van der Waals surface area contributed by atoms with E-state index in [1.165, 1.54) is 0 Å². The number of aromatic nitrogens is 3. The Labute approximate surface area is 92.7 Å². The number of halogens is 1. The lowest BCUT2D eigenvalue weighted by atomic mass is 10.2. The summed E-state index contributed by atoms with van der Waals surface area (Å²) < 4.78 is 1.82. The minimum absolute atomic E-state index is 0.353. The van der Waals surface area contributed by atoms with Crippen LogP contribution in [0, 0.1) is 6.92 Å². The molecule has 0 aliphatic carbocycles. The van der Waals surface area contributed by atoms with Crippen LogP contribution in [0.4, 0.5) is 0 Å². The summed E-state index contributed by atoms with van der Waals surface area (Å²) in [7, 11) is 0. The molecule has 0 aliphatic rings. The SMILES string of the molecule is Cc1ccc(-n2cnnc2CN)cc1Cl. The lowest BCUT2D eigenvalue weighted by molar-refractivity contribution is 0.859. The minimum atomic E-state index is 0.353. The molecule has 0 aliphatic heterocycles. The van der Waals surface area contributed by atoms with Gasteiger partial charge in [-0.25, -0.2) is 0 Å². The van der Waals surface area contributed by atoms with Crippen molar-refractivity contribution in [3.05, 3.63) is 40.9 Å². The smallest absolute Gasteiger partial charge is 0.151 e. The van der Waals surface area contributed by atoms with Crippen molar-refractivity contribution in [2.75, 3.05) is 0 Å². The van der Waals surface area contributed by atoms with Crippen LogP contribution in [0.3, 0.4) is 0 Å². The van der Waals surface area contributed by atoms with Gasteiger partial charge in [0.1, 0.15) is 6.33 Å². The van der Waals surface area contributed by atoms with Gasteiger partial charge in [0.15, 0.2) is 5.82 Å². The van der Waals surface area contributed by atoms with E-state index in [0.717, 1.165) is 22.1 Å². The van der Waals surface area contributed by atoms with Crippen LogP contribution in [-0.4, -0.2) is 14.8 Å². The summed E-state index contributed by atoms with van der Waals surface area (Å²) in [5.41, 5.74) is 7.52. The van der Waals surface area contributed by atoms with Gasteiger partial charge in [0.25, 0.3) is 0 Å². The molecule has 0 saturated heterocycles. The van der Waals surface area contributed by atoms with Crippen LogP contribution in [0.1, 0.15) is 11.4 Å². The van der Waals surface area contributed by atoms with Gasteiger partial charge >= 0.3 is 0 Å². The van der Waals surface area contributed by atoms with E-state index in [1.54, 1.807) is 6.33 Å². The maximum Gasteiger partial charge on any atom is 0.151 e. The number of nitrogens with zero attached hydrogens (tertiary/aromatic N) is 3. The van der Waals surface area contributed by atoms with Gasteiger partial charge in [-0.05, 0) is 24.6 Å². The predicted molar refractivity (Wildman–Crippen MR) is 59.0 cm³/mol. The first kappa shape index (κ1) is 10.1. The van der Waals surface area contributed by atoms with Crippen molar-refractivity contribution in [3.8, 4) is 5.69 Å². The first-order chi connectivity index (χ1) is 7.22. The Balaban J connectivity index is 2.50.